The number of halogens is 10. The molecular formula is C34H18F10IrN4+. The van der Waals surface area contributed by atoms with Gasteiger partial charge < -0.3 is 9.97 Å². The summed E-state index contributed by atoms with van der Waals surface area (Å²) in [6.07, 6.45) is -4.35. The number of pyridine rings is 4. The van der Waals surface area contributed by atoms with Gasteiger partial charge in [0.15, 0.2) is 0 Å². The number of alkyl halides is 6. The van der Waals surface area contributed by atoms with Crippen molar-refractivity contribution < 1.29 is 64.0 Å². The predicted molar refractivity (Wildman–Crippen MR) is 154 cm³/mol. The van der Waals surface area contributed by atoms with Crippen molar-refractivity contribution in [2.45, 2.75) is 12.4 Å². The minimum absolute atomic E-state index is 0. The van der Waals surface area contributed by atoms with Crippen LogP contribution in [0.2, 0.25) is 0 Å². The van der Waals surface area contributed by atoms with Gasteiger partial charge in [-0.05, 0) is 47.8 Å². The van der Waals surface area contributed by atoms with E-state index in [1.807, 2.05) is 0 Å². The monoisotopic (exact) mass is 865 g/mol. The zero-order chi connectivity index (χ0) is 34.9. The molecule has 0 radical (unpaired) electrons. The Morgan fingerprint density at radius 1 is 0.449 bits per heavy atom. The number of hydrogen-bond acceptors (Lipinski definition) is 4. The molecule has 0 atom stereocenters. The van der Waals surface area contributed by atoms with Gasteiger partial charge in [0.1, 0.15) is 0 Å². The van der Waals surface area contributed by atoms with Crippen LogP contribution in [0.1, 0.15) is 11.1 Å². The summed E-state index contributed by atoms with van der Waals surface area (Å²) in [6, 6.07) is 21.8. The summed E-state index contributed by atoms with van der Waals surface area (Å²) in [5, 5.41) is 0. The van der Waals surface area contributed by atoms with Gasteiger partial charge in [0.25, 0.3) is 0 Å². The zero-order valence-electron chi connectivity index (χ0n) is 24.3. The predicted octanol–water partition coefficient (Wildman–Crippen LogP) is 9.83. The van der Waals surface area contributed by atoms with Crippen molar-refractivity contribution in [2.24, 2.45) is 0 Å². The van der Waals surface area contributed by atoms with Gasteiger partial charge in [-0.1, -0.05) is 47.5 Å². The molecule has 0 bridgehead atoms. The molecule has 0 saturated carbocycles. The minimum atomic E-state index is -4.60. The number of aromatic nitrogens is 4. The number of hydrogen-bond donors (Lipinski definition) is 0. The second kappa shape index (κ2) is 16.9. The van der Waals surface area contributed by atoms with E-state index in [-0.39, 0.29) is 42.6 Å². The number of rotatable bonds is 3. The average molecular weight is 865 g/mol. The maximum Gasteiger partial charge on any atom is 3.00 e. The van der Waals surface area contributed by atoms with Crippen LogP contribution >= 0.6 is 0 Å². The fourth-order valence-electron chi connectivity index (χ4n) is 3.80. The molecule has 0 saturated heterocycles. The molecule has 0 aliphatic rings. The molecule has 0 N–H and O–H groups in total. The van der Waals surface area contributed by atoms with Crippen molar-refractivity contribution in [1.82, 2.24) is 19.9 Å². The molecule has 0 spiro atoms. The van der Waals surface area contributed by atoms with Crippen molar-refractivity contribution in [3.63, 3.8) is 0 Å². The summed E-state index contributed by atoms with van der Waals surface area (Å²) in [7, 11) is 0. The molecular weight excluding hydrogens is 847 g/mol. The molecule has 49 heavy (non-hydrogen) atoms. The Morgan fingerprint density at radius 2 is 0.816 bits per heavy atom. The molecule has 4 nitrogen and oxygen atoms in total. The third-order valence-electron chi connectivity index (χ3n) is 5.99. The topological polar surface area (TPSA) is 51.6 Å². The van der Waals surface area contributed by atoms with E-state index in [2.05, 4.69) is 32.1 Å². The first-order valence-corrected chi connectivity index (χ1v) is 13.4. The fourth-order valence-corrected chi connectivity index (χ4v) is 3.80. The largest absolute Gasteiger partial charge is 3.00 e. The van der Waals surface area contributed by atoms with E-state index in [9.17, 15) is 43.9 Å². The van der Waals surface area contributed by atoms with E-state index in [1.54, 1.807) is 48.8 Å². The van der Waals surface area contributed by atoms with Crippen LogP contribution in [-0.4, -0.2) is 19.9 Å². The number of benzene rings is 2. The third kappa shape index (κ3) is 11.0. The Kier molecular flexibility index (Phi) is 13.2. The molecule has 0 aliphatic heterocycles. The van der Waals surface area contributed by atoms with E-state index in [0.29, 0.717) is 23.5 Å². The van der Waals surface area contributed by atoms with Gasteiger partial charge in [0.05, 0.1) is 22.5 Å². The summed E-state index contributed by atoms with van der Waals surface area (Å²) >= 11 is 0. The molecule has 2 aromatic carbocycles. The summed E-state index contributed by atoms with van der Waals surface area (Å²) in [6.45, 7) is 0. The Bertz CT molecular complexity index is 1810. The first-order chi connectivity index (χ1) is 22.7. The van der Waals surface area contributed by atoms with Gasteiger partial charge in [-0.15, -0.1) is 24.3 Å². The van der Waals surface area contributed by atoms with Crippen LogP contribution in [0, 0.1) is 35.4 Å². The van der Waals surface area contributed by atoms with E-state index < -0.39 is 46.7 Å². The van der Waals surface area contributed by atoms with E-state index in [4.69, 9.17) is 0 Å². The van der Waals surface area contributed by atoms with Crippen molar-refractivity contribution in [1.29, 1.82) is 0 Å². The van der Waals surface area contributed by atoms with Crippen molar-refractivity contribution in [2.75, 3.05) is 0 Å². The summed E-state index contributed by atoms with van der Waals surface area (Å²) in [5.74, 6) is -2.57. The SMILES string of the molecule is FC(F)(F)c1ccnc(-c2cc(C(F)(F)F)ccn2)c1.Fc1c[c-]c(-c2ccccn2)c(F)c1.Fc1c[c-]c(-c2ccccn2)c(F)c1.[Ir+3]. The van der Waals surface area contributed by atoms with Crippen LogP contribution in [0.5, 0.6) is 0 Å². The van der Waals surface area contributed by atoms with E-state index in [1.165, 1.54) is 0 Å². The second-order valence-electron chi connectivity index (χ2n) is 9.37. The Labute approximate surface area is 285 Å². The smallest absolute Gasteiger partial charge is 0.305 e. The minimum Gasteiger partial charge on any atom is -0.305 e. The second-order valence-corrected chi connectivity index (χ2v) is 9.37. The van der Waals surface area contributed by atoms with Crippen molar-refractivity contribution in [3.8, 4) is 33.9 Å². The first kappa shape index (κ1) is 38.4. The molecule has 0 amide bonds. The maximum atomic E-state index is 13.2. The summed E-state index contributed by atoms with van der Waals surface area (Å²) in [4.78, 5) is 15.1. The Hall–Kier alpha value is -5.01. The van der Waals surface area contributed by atoms with Gasteiger partial charge >= 0.3 is 32.5 Å². The van der Waals surface area contributed by atoms with Gasteiger partial charge in [-0.25, -0.2) is 0 Å². The average Bonchev–Trinajstić information content (AvgIpc) is 3.06. The molecule has 0 unspecified atom stereocenters. The first-order valence-electron chi connectivity index (χ1n) is 13.4. The van der Waals surface area contributed by atoms with Gasteiger partial charge in [0.2, 0.25) is 0 Å². The van der Waals surface area contributed by atoms with Crippen molar-refractivity contribution >= 4 is 0 Å². The van der Waals surface area contributed by atoms with Gasteiger partial charge in [-0.3, -0.25) is 27.5 Å². The Morgan fingerprint density at radius 3 is 1.12 bits per heavy atom. The zero-order valence-corrected chi connectivity index (χ0v) is 26.7. The van der Waals surface area contributed by atoms with Crippen LogP contribution < -0.4 is 0 Å². The molecule has 4 heterocycles. The normalized spacial score (nSPS) is 10.9. The molecule has 0 fully saturated rings. The quantitative estimate of drug-likeness (QED) is 0.131. The summed E-state index contributed by atoms with van der Waals surface area (Å²) in [5.41, 5.74) is -1.27. The van der Waals surface area contributed by atoms with E-state index >= 15 is 0 Å². The van der Waals surface area contributed by atoms with Gasteiger partial charge in [-0.2, -0.15) is 26.3 Å². The van der Waals surface area contributed by atoms with Crippen LogP contribution in [0.15, 0.2) is 110 Å². The molecule has 4 aromatic heterocycles. The van der Waals surface area contributed by atoms with Crippen LogP contribution in [-0.2, 0) is 32.5 Å². The molecule has 6 rings (SSSR count). The van der Waals surface area contributed by atoms with Crippen LogP contribution in [0.25, 0.3) is 33.9 Å². The van der Waals surface area contributed by atoms with Crippen LogP contribution in [0.3, 0.4) is 0 Å². The Balaban J connectivity index is 0.000000202. The molecule has 0 aliphatic carbocycles. The standard InChI is InChI=1S/C12H6F6N2.2C11H6F2N.Ir/c13-11(14,15)7-1-3-19-9(5-7)10-6-8(2-4-20-10)12(16,17)18;2*12-8-4-5-9(10(13)7-8)11-3-1-2-6-14-11;/h1-6H;2*1-4,6-7H;/q;2*-1;+3. The van der Waals surface area contributed by atoms with E-state index in [0.717, 1.165) is 48.8 Å². The molecule has 15 heteroatoms. The third-order valence-corrected chi connectivity index (χ3v) is 5.99. The molecule has 252 valence electrons. The van der Waals surface area contributed by atoms with Crippen molar-refractivity contribution in [3.05, 3.63) is 156 Å². The van der Waals surface area contributed by atoms with Gasteiger partial charge in [0, 0.05) is 48.1 Å². The van der Waals surface area contributed by atoms with Crippen LogP contribution in [0.4, 0.5) is 43.9 Å². The number of nitrogens with zero attached hydrogens (tertiary/aromatic N) is 4. The fraction of sp³-hybridized carbons (Fsp3) is 0.0588. The maximum absolute atomic E-state index is 13.2. The summed E-state index contributed by atoms with van der Waals surface area (Å²) < 4.78 is 127. The molecule has 6 aromatic rings.